The van der Waals surface area contributed by atoms with Crippen LogP contribution in [0.5, 0.6) is 0 Å². The molecule has 0 aliphatic rings. The molecule has 0 spiro atoms. The summed E-state index contributed by atoms with van der Waals surface area (Å²) in [5.74, 6) is -1.38. The fourth-order valence-corrected chi connectivity index (χ4v) is 4.31. The standard InChI is InChI=1S/C28H32FN3O5S/c1-19(22-10-12-24(29)13-11-22)31-26(33)23-14-21(15-25(16-23)32(3)38(4,35)36)18-37-27(34)28(2,30)17-20-8-6-5-7-9-20/h5-16,19H,17-18,30H2,1-4H3,(H,31,33)/p+1/t19-,28-/m1/s1. The van der Waals surface area contributed by atoms with Crippen LogP contribution in [0.2, 0.25) is 0 Å². The molecule has 3 rings (SSSR count). The second-order valence-corrected chi connectivity index (χ2v) is 11.7. The normalized spacial score (nSPS) is 13.7. The average molecular weight is 543 g/mol. The second-order valence-electron chi connectivity index (χ2n) is 9.66. The van der Waals surface area contributed by atoms with Gasteiger partial charge in [0.2, 0.25) is 10.0 Å². The van der Waals surface area contributed by atoms with Crippen LogP contribution in [0.4, 0.5) is 10.1 Å². The summed E-state index contributed by atoms with van der Waals surface area (Å²) in [6, 6.07) is 19.3. The fourth-order valence-electron chi connectivity index (χ4n) is 3.82. The third-order valence-corrected chi connectivity index (χ3v) is 7.32. The Kier molecular flexibility index (Phi) is 8.90. The lowest BCUT2D eigenvalue weighted by Crippen LogP contribution is -2.76. The number of carbonyl (C=O) groups excluding carboxylic acids is 2. The number of nitrogens with zero attached hydrogens (tertiary/aromatic N) is 1. The minimum Gasteiger partial charge on any atom is -0.456 e. The van der Waals surface area contributed by atoms with Gasteiger partial charge in [-0.15, -0.1) is 0 Å². The van der Waals surface area contributed by atoms with E-state index in [1.54, 1.807) is 32.0 Å². The van der Waals surface area contributed by atoms with E-state index in [2.05, 4.69) is 11.1 Å². The van der Waals surface area contributed by atoms with Crippen molar-refractivity contribution in [2.24, 2.45) is 0 Å². The van der Waals surface area contributed by atoms with E-state index in [9.17, 15) is 22.4 Å². The zero-order valence-electron chi connectivity index (χ0n) is 21.9. The molecule has 0 saturated heterocycles. The molecule has 0 aromatic heterocycles. The summed E-state index contributed by atoms with van der Waals surface area (Å²) in [6.07, 6.45) is 1.42. The van der Waals surface area contributed by atoms with Gasteiger partial charge in [-0.25, -0.2) is 17.6 Å². The van der Waals surface area contributed by atoms with Crippen molar-refractivity contribution in [2.75, 3.05) is 17.6 Å². The van der Waals surface area contributed by atoms with Gasteiger partial charge in [0.25, 0.3) is 5.91 Å². The molecule has 0 aliphatic heterocycles. The van der Waals surface area contributed by atoms with Gasteiger partial charge in [-0.05, 0) is 53.9 Å². The van der Waals surface area contributed by atoms with E-state index in [0.717, 1.165) is 16.1 Å². The van der Waals surface area contributed by atoms with Crippen LogP contribution in [0.15, 0.2) is 72.8 Å². The smallest absolute Gasteiger partial charge is 0.368 e. The molecule has 202 valence electrons. The Hall–Kier alpha value is -3.76. The number of anilines is 1. The van der Waals surface area contributed by atoms with Crippen molar-refractivity contribution >= 4 is 27.6 Å². The van der Waals surface area contributed by atoms with Crippen LogP contribution in [0.25, 0.3) is 0 Å². The summed E-state index contributed by atoms with van der Waals surface area (Å²) in [4.78, 5) is 26.0. The van der Waals surface area contributed by atoms with Gasteiger partial charge in [-0.1, -0.05) is 42.5 Å². The molecule has 1 amide bonds. The molecule has 0 heterocycles. The number of benzene rings is 3. The number of hydrogen-bond acceptors (Lipinski definition) is 5. The van der Waals surface area contributed by atoms with E-state index in [-0.39, 0.29) is 23.7 Å². The Morgan fingerprint density at radius 2 is 1.68 bits per heavy atom. The Labute approximate surface area is 222 Å². The van der Waals surface area contributed by atoms with Crippen LogP contribution in [0.1, 0.15) is 46.9 Å². The summed E-state index contributed by atoms with van der Waals surface area (Å²) in [6.45, 7) is 3.26. The third kappa shape index (κ3) is 7.62. The monoisotopic (exact) mass is 542 g/mol. The van der Waals surface area contributed by atoms with Crippen molar-refractivity contribution in [2.45, 2.75) is 38.5 Å². The average Bonchev–Trinajstić information content (AvgIpc) is 2.86. The Morgan fingerprint density at radius 3 is 2.29 bits per heavy atom. The van der Waals surface area contributed by atoms with Crippen molar-refractivity contribution in [1.82, 2.24) is 5.32 Å². The minimum atomic E-state index is -3.63. The van der Waals surface area contributed by atoms with Gasteiger partial charge in [0.15, 0.2) is 5.54 Å². The first-order valence-corrected chi connectivity index (χ1v) is 13.8. The highest BCUT2D eigenvalue weighted by Crippen LogP contribution is 2.23. The van der Waals surface area contributed by atoms with Gasteiger partial charge >= 0.3 is 5.97 Å². The molecule has 0 unspecified atom stereocenters. The number of rotatable bonds is 10. The summed E-state index contributed by atoms with van der Waals surface area (Å²) < 4.78 is 44.2. The zero-order valence-corrected chi connectivity index (χ0v) is 22.7. The minimum absolute atomic E-state index is 0.180. The van der Waals surface area contributed by atoms with Crippen molar-refractivity contribution < 1.29 is 32.9 Å². The molecular formula is C28H33FN3O5S+. The molecule has 0 saturated carbocycles. The lowest BCUT2D eigenvalue weighted by atomic mass is 9.94. The number of carbonyl (C=O) groups is 2. The van der Waals surface area contributed by atoms with E-state index < -0.39 is 33.5 Å². The SMILES string of the molecule is C[C@@H](NC(=O)c1cc(COC(=O)[C@](C)([NH3+])Cc2ccccc2)cc(N(C)S(C)(=O)=O)c1)c1ccc(F)cc1. The molecule has 3 aromatic rings. The predicted molar refractivity (Wildman–Crippen MR) is 143 cm³/mol. The second kappa shape index (κ2) is 11.7. The van der Waals surface area contributed by atoms with Crippen LogP contribution in [-0.2, 0) is 32.6 Å². The number of amides is 1. The van der Waals surface area contributed by atoms with Crippen LogP contribution in [-0.4, -0.2) is 39.1 Å². The van der Waals surface area contributed by atoms with E-state index >= 15 is 0 Å². The topological polar surface area (TPSA) is 120 Å². The molecule has 0 radical (unpaired) electrons. The predicted octanol–water partition coefficient (Wildman–Crippen LogP) is 3.00. The van der Waals surface area contributed by atoms with Crippen molar-refractivity contribution in [1.29, 1.82) is 0 Å². The Bertz CT molecular complexity index is 1390. The number of ether oxygens (including phenoxy) is 1. The molecule has 4 N–H and O–H groups in total. The molecule has 0 aliphatic carbocycles. The molecular weight excluding hydrogens is 509 g/mol. The number of esters is 1. The first kappa shape index (κ1) is 28.8. The zero-order chi connectivity index (χ0) is 28.1. The highest BCUT2D eigenvalue weighted by Gasteiger charge is 2.35. The van der Waals surface area contributed by atoms with Gasteiger partial charge < -0.3 is 15.8 Å². The van der Waals surface area contributed by atoms with E-state index in [0.29, 0.717) is 17.5 Å². The maximum absolute atomic E-state index is 13.3. The maximum Gasteiger partial charge on any atom is 0.368 e. The summed E-state index contributed by atoms with van der Waals surface area (Å²) in [7, 11) is -2.25. The number of halogens is 1. The molecule has 38 heavy (non-hydrogen) atoms. The maximum atomic E-state index is 13.3. The Balaban J connectivity index is 1.82. The third-order valence-electron chi connectivity index (χ3n) is 6.12. The van der Waals surface area contributed by atoms with E-state index in [1.165, 1.54) is 31.3 Å². The largest absolute Gasteiger partial charge is 0.456 e. The van der Waals surface area contributed by atoms with Crippen molar-refractivity contribution in [3.05, 3.63) is 101 Å². The molecule has 8 nitrogen and oxygen atoms in total. The summed E-state index contributed by atoms with van der Waals surface area (Å²) in [5, 5.41) is 2.83. The van der Waals surface area contributed by atoms with E-state index in [1.807, 2.05) is 30.3 Å². The highest BCUT2D eigenvalue weighted by molar-refractivity contribution is 7.92. The van der Waals surface area contributed by atoms with Crippen LogP contribution in [0, 0.1) is 5.82 Å². The lowest BCUT2D eigenvalue weighted by Gasteiger charge is -2.21. The quantitative estimate of drug-likeness (QED) is 0.382. The Morgan fingerprint density at radius 1 is 1.05 bits per heavy atom. The van der Waals surface area contributed by atoms with Crippen molar-refractivity contribution in [3.8, 4) is 0 Å². The van der Waals surface area contributed by atoms with Crippen molar-refractivity contribution in [3.63, 3.8) is 0 Å². The number of sulfonamides is 1. The molecule has 10 heteroatoms. The fraction of sp³-hybridized carbons (Fsp3) is 0.286. The molecule has 3 aromatic carbocycles. The van der Waals surface area contributed by atoms with Crippen LogP contribution < -0.4 is 15.4 Å². The molecule has 0 bridgehead atoms. The summed E-state index contributed by atoms with van der Waals surface area (Å²) in [5.41, 5.74) is 5.46. The van der Waals surface area contributed by atoms with Gasteiger partial charge in [-0.2, -0.15) is 0 Å². The van der Waals surface area contributed by atoms with E-state index in [4.69, 9.17) is 4.74 Å². The van der Waals surface area contributed by atoms with Gasteiger partial charge in [0, 0.05) is 26.0 Å². The van der Waals surface area contributed by atoms with Crippen LogP contribution >= 0.6 is 0 Å². The van der Waals surface area contributed by atoms with Gasteiger partial charge in [-0.3, -0.25) is 9.10 Å². The number of nitrogens with one attached hydrogen (secondary N) is 1. The molecule has 2 atom stereocenters. The summed E-state index contributed by atoms with van der Waals surface area (Å²) >= 11 is 0. The first-order chi connectivity index (χ1) is 17.8. The lowest BCUT2D eigenvalue weighted by molar-refractivity contribution is -0.456. The van der Waals surface area contributed by atoms with Gasteiger partial charge in [0.05, 0.1) is 18.0 Å². The molecule has 0 fully saturated rings. The van der Waals surface area contributed by atoms with Crippen LogP contribution in [0.3, 0.4) is 0 Å². The highest BCUT2D eigenvalue weighted by atomic mass is 32.2. The van der Waals surface area contributed by atoms with Gasteiger partial charge in [0.1, 0.15) is 12.4 Å². The number of quaternary nitrogens is 1. The first-order valence-electron chi connectivity index (χ1n) is 12.0. The number of hydrogen-bond donors (Lipinski definition) is 2.